The Balaban J connectivity index is 0.916. The molecule has 3 saturated carbocycles. The maximum Gasteiger partial charge on any atom is 0.293 e. The van der Waals surface area contributed by atoms with E-state index < -0.39 is 25.7 Å². The fourth-order valence-corrected chi connectivity index (χ4v) is 12.0. The van der Waals surface area contributed by atoms with E-state index in [2.05, 4.69) is 62.5 Å². The van der Waals surface area contributed by atoms with Crippen LogP contribution in [-0.2, 0) is 10.0 Å². The number of likely N-dealkylation sites (tertiary alicyclic amines) is 1. The van der Waals surface area contributed by atoms with Crippen molar-refractivity contribution in [3.05, 3.63) is 87.7 Å². The summed E-state index contributed by atoms with van der Waals surface area (Å²) in [4.78, 5) is 39.7. The number of hydrogen-bond acceptors (Lipinski definition) is 11. The summed E-state index contributed by atoms with van der Waals surface area (Å²) < 4.78 is 35.9. The van der Waals surface area contributed by atoms with Crippen LogP contribution in [0.15, 0.2) is 77.0 Å². The number of fused-ring (bicyclic) bond motifs is 2. The number of sulfonamides is 1. The first-order valence-electron chi connectivity index (χ1n) is 22.3. The molecule has 2 saturated heterocycles. The molecule has 6 aliphatic rings. The van der Waals surface area contributed by atoms with E-state index in [0.29, 0.717) is 34.7 Å². The summed E-state index contributed by atoms with van der Waals surface area (Å²) in [7, 11) is -2.46. The van der Waals surface area contributed by atoms with Crippen molar-refractivity contribution in [2.24, 2.45) is 28.6 Å². The van der Waals surface area contributed by atoms with Crippen molar-refractivity contribution in [1.82, 2.24) is 24.5 Å². The van der Waals surface area contributed by atoms with Gasteiger partial charge in [0.25, 0.3) is 21.6 Å². The molecule has 62 heavy (non-hydrogen) atoms. The molecule has 4 aromatic rings. The second-order valence-corrected chi connectivity index (χ2v) is 21.6. The van der Waals surface area contributed by atoms with Gasteiger partial charge < -0.3 is 24.8 Å². The highest BCUT2D eigenvalue weighted by molar-refractivity contribution is 7.90. The summed E-state index contributed by atoms with van der Waals surface area (Å²) in [6, 6.07) is 12.5. The number of anilines is 2. The number of piperidine rings is 1. The minimum atomic E-state index is -4.53. The highest BCUT2D eigenvalue weighted by Crippen LogP contribution is 2.65. The second kappa shape index (κ2) is 16.6. The van der Waals surface area contributed by atoms with Gasteiger partial charge in [0.2, 0.25) is 0 Å². The monoisotopic (exact) mass is 864 g/mol. The number of nitrogens with zero attached hydrogens (tertiary/aromatic N) is 5. The van der Waals surface area contributed by atoms with Crippen molar-refractivity contribution >= 4 is 44.0 Å². The fourth-order valence-electron chi connectivity index (χ4n) is 11.0. The number of piperazine rings is 1. The molecule has 0 radical (unpaired) electrons. The molecule has 10 rings (SSSR count). The Bertz CT molecular complexity index is 2500. The van der Waals surface area contributed by atoms with E-state index in [1.807, 2.05) is 12.1 Å². The molecule has 330 valence electrons. The first-order chi connectivity index (χ1) is 29.6. The van der Waals surface area contributed by atoms with Crippen molar-refractivity contribution in [2.45, 2.75) is 77.0 Å². The van der Waals surface area contributed by atoms with Gasteiger partial charge in [-0.3, -0.25) is 19.8 Å². The predicted molar refractivity (Wildman–Crippen MR) is 241 cm³/mol. The lowest BCUT2D eigenvalue weighted by Crippen LogP contribution is -2.47. The van der Waals surface area contributed by atoms with Gasteiger partial charge in [-0.15, -0.1) is 0 Å². The standard InChI is InChI=1S/C47H60N8O6S/c1-46(2)13-9-33(39(26-46)40-27-47(3)24-34(40)25-47)30-53-17-19-54(20-18-53)35-5-7-38(43(22-35)61-36-21-32-10-14-48-44(32)50-29-36)45(56)51-62(59,60)37-6-8-41(42(23-37)55(57)58)49-28-31-11-15-52(4)16-12-31/h5-8,10,14,21-23,29,31,34,40,49H,9,11-13,15-20,24-28,30H2,1-4H3,(H,48,50)(H,51,56)/t34?,40-,47?/m1/s1. The largest absolute Gasteiger partial charge is 0.455 e. The molecule has 3 N–H and O–H groups in total. The quantitative estimate of drug-likeness (QED) is 0.0674. The number of nitro groups is 1. The van der Waals surface area contributed by atoms with Crippen LogP contribution in [0.1, 0.15) is 82.5 Å². The number of benzene rings is 2. The summed E-state index contributed by atoms with van der Waals surface area (Å²) in [6.45, 7) is 14.2. The summed E-state index contributed by atoms with van der Waals surface area (Å²) in [5, 5.41) is 16.1. The van der Waals surface area contributed by atoms with Crippen molar-refractivity contribution in [3.8, 4) is 11.5 Å². The Morgan fingerprint density at radius 1 is 1.00 bits per heavy atom. The molecule has 2 aliphatic heterocycles. The highest BCUT2D eigenvalue weighted by atomic mass is 32.2. The Kier molecular flexibility index (Phi) is 11.3. The average Bonchev–Trinajstić information content (AvgIpc) is 3.94. The lowest BCUT2D eigenvalue weighted by Gasteiger charge is -2.41. The van der Waals surface area contributed by atoms with Gasteiger partial charge in [-0.25, -0.2) is 18.1 Å². The molecule has 2 bridgehead atoms. The maximum absolute atomic E-state index is 14.0. The first-order valence-corrected chi connectivity index (χ1v) is 23.8. The molecular weight excluding hydrogens is 805 g/mol. The molecule has 2 aromatic heterocycles. The smallest absolute Gasteiger partial charge is 0.293 e. The van der Waals surface area contributed by atoms with E-state index in [4.69, 9.17) is 4.74 Å². The number of H-pyrrole nitrogens is 1. The minimum Gasteiger partial charge on any atom is -0.455 e. The summed E-state index contributed by atoms with van der Waals surface area (Å²) in [5.74, 6) is 1.59. The average molecular weight is 865 g/mol. The first kappa shape index (κ1) is 42.3. The van der Waals surface area contributed by atoms with Gasteiger partial charge in [-0.05, 0) is 136 Å². The summed E-state index contributed by atoms with van der Waals surface area (Å²) in [6.07, 6.45) is 13.0. The van der Waals surface area contributed by atoms with Crippen LogP contribution in [-0.4, -0.2) is 98.4 Å². The van der Waals surface area contributed by atoms with Crippen LogP contribution >= 0.6 is 0 Å². The number of ether oxygens (including phenoxy) is 1. The third kappa shape index (κ3) is 8.94. The lowest BCUT2D eigenvalue weighted by atomic mass is 9.67. The topological polar surface area (TPSA) is 166 Å². The number of allylic oxidation sites excluding steroid dienone is 1. The number of amides is 1. The van der Waals surface area contributed by atoms with E-state index in [0.717, 1.165) is 87.6 Å². The molecule has 14 nitrogen and oxygen atoms in total. The fraction of sp³-hybridized carbons (Fsp3) is 0.532. The van der Waals surface area contributed by atoms with Crippen LogP contribution in [0.4, 0.5) is 17.1 Å². The Hall–Kier alpha value is -4.99. The zero-order chi connectivity index (χ0) is 43.4. The zero-order valence-corrected chi connectivity index (χ0v) is 37.2. The van der Waals surface area contributed by atoms with E-state index >= 15 is 0 Å². The van der Waals surface area contributed by atoms with E-state index in [-0.39, 0.29) is 22.7 Å². The molecule has 1 atom stereocenters. The number of carbonyl (C=O) groups excluding carboxylic acids is 1. The van der Waals surface area contributed by atoms with E-state index in [9.17, 15) is 23.3 Å². The molecule has 5 fully saturated rings. The van der Waals surface area contributed by atoms with E-state index in [1.165, 1.54) is 50.7 Å². The molecular formula is C47H60N8O6S. The number of nitrogens with one attached hydrogen (secondary N) is 3. The summed E-state index contributed by atoms with van der Waals surface area (Å²) in [5.41, 5.74) is 5.74. The molecule has 0 unspecified atom stereocenters. The minimum absolute atomic E-state index is 0.00518. The SMILES string of the molecule is CN1CCC(CNc2ccc(S(=O)(=O)NC(=O)c3ccc(N4CCN(CC5=C([C@@H]6CC7(C)CC6C7)CC(C)(C)CC5)CC4)cc3Oc3cnc4[nH]ccc4c3)cc2[N+](=O)[O-])CC1. The third-order valence-corrected chi connectivity index (χ3v) is 15.9. The number of aromatic amines is 1. The Morgan fingerprint density at radius 3 is 2.50 bits per heavy atom. The molecule has 2 aromatic carbocycles. The van der Waals surface area contributed by atoms with Gasteiger partial charge in [0, 0.05) is 68.7 Å². The maximum atomic E-state index is 14.0. The molecule has 4 heterocycles. The van der Waals surface area contributed by atoms with Gasteiger partial charge >= 0.3 is 0 Å². The van der Waals surface area contributed by atoms with Crippen LogP contribution in [0.2, 0.25) is 0 Å². The number of hydrogen-bond donors (Lipinski definition) is 3. The van der Waals surface area contributed by atoms with Crippen molar-refractivity contribution in [3.63, 3.8) is 0 Å². The highest BCUT2D eigenvalue weighted by Gasteiger charge is 2.54. The predicted octanol–water partition coefficient (Wildman–Crippen LogP) is 8.20. The van der Waals surface area contributed by atoms with Gasteiger partial charge in [-0.2, -0.15) is 0 Å². The number of rotatable bonds is 13. The van der Waals surface area contributed by atoms with Crippen molar-refractivity contribution < 1.29 is 22.9 Å². The number of nitro benzene ring substituents is 1. The lowest BCUT2D eigenvalue weighted by molar-refractivity contribution is -0.384. The number of pyridine rings is 1. The molecule has 4 aliphatic carbocycles. The number of carbonyl (C=O) groups is 1. The third-order valence-electron chi connectivity index (χ3n) is 14.6. The van der Waals surface area contributed by atoms with Crippen LogP contribution in [0.5, 0.6) is 11.5 Å². The van der Waals surface area contributed by atoms with Gasteiger partial charge in [-0.1, -0.05) is 31.9 Å². The van der Waals surface area contributed by atoms with Crippen LogP contribution in [0.3, 0.4) is 0 Å². The summed E-state index contributed by atoms with van der Waals surface area (Å²) >= 11 is 0. The zero-order valence-electron chi connectivity index (χ0n) is 36.4. The van der Waals surface area contributed by atoms with Crippen LogP contribution in [0.25, 0.3) is 11.0 Å². The van der Waals surface area contributed by atoms with Gasteiger partial charge in [0.15, 0.2) is 0 Å². The van der Waals surface area contributed by atoms with Gasteiger partial charge in [0.05, 0.1) is 21.6 Å². The van der Waals surface area contributed by atoms with E-state index in [1.54, 1.807) is 41.7 Å². The normalized spacial score (nSPS) is 24.5. The Morgan fingerprint density at radius 2 is 1.77 bits per heavy atom. The second-order valence-electron chi connectivity index (χ2n) is 19.9. The van der Waals surface area contributed by atoms with Crippen LogP contribution in [0, 0.1) is 38.7 Å². The van der Waals surface area contributed by atoms with Crippen molar-refractivity contribution in [2.75, 3.05) is 69.6 Å². The Labute approximate surface area is 364 Å². The molecule has 15 heteroatoms. The van der Waals surface area contributed by atoms with Gasteiger partial charge in [0.1, 0.15) is 22.8 Å². The molecule has 0 spiro atoms. The van der Waals surface area contributed by atoms with Crippen molar-refractivity contribution in [1.29, 1.82) is 0 Å². The molecule has 1 amide bonds. The van der Waals surface area contributed by atoms with Crippen LogP contribution < -0.4 is 19.7 Å². The number of aromatic nitrogens is 2.